The van der Waals surface area contributed by atoms with E-state index in [4.69, 9.17) is 0 Å². The minimum Gasteiger partial charge on any atom is -0.481 e. The summed E-state index contributed by atoms with van der Waals surface area (Å²) in [6.07, 6.45) is 3.92. The first kappa shape index (κ1) is 11.8. The Morgan fingerprint density at radius 1 is 1.06 bits per heavy atom. The van der Waals surface area contributed by atoms with Crippen molar-refractivity contribution < 1.29 is 18.7 Å². The van der Waals surface area contributed by atoms with Crippen LogP contribution in [0, 0.1) is 11.3 Å². The Balaban J connectivity index is 2.13. The molecule has 1 atom stereocenters. The summed E-state index contributed by atoms with van der Waals surface area (Å²) in [6.45, 7) is 0. The molecule has 0 heterocycles. The van der Waals surface area contributed by atoms with Crippen LogP contribution < -0.4 is 0 Å². The molecule has 2 rings (SSSR count). The number of carboxylic acids is 1. The summed E-state index contributed by atoms with van der Waals surface area (Å²) in [5.74, 6) is -3.74. The highest BCUT2D eigenvalue weighted by atomic mass is 19.3. The third-order valence-corrected chi connectivity index (χ3v) is 4.43. The Morgan fingerprint density at radius 3 is 2.25 bits per heavy atom. The van der Waals surface area contributed by atoms with E-state index in [0.29, 0.717) is 19.3 Å². The lowest BCUT2D eigenvalue weighted by Gasteiger charge is -2.46. The summed E-state index contributed by atoms with van der Waals surface area (Å²) in [7, 11) is 0. The highest BCUT2D eigenvalue weighted by Gasteiger charge is 2.50. The second-order valence-electron chi connectivity index (χ2n) is 5.35. The zero-order chi connectivity index (χ0) is 11.8. The molecule has 1 N–H and O–H groups in total. The average Bonchev–Trinajstić information content (AvgIpc) is 2.23. The average molecular weight is 232 g/mol. The zero-order valence-electron chi connectivity index (χ0n) is 9.35. The van der Waals surface area contributed by atoms with E-state index in [9.17, 15) is 18.7 Å². The predicted octanol–water partition coefficient (Wildman–Crippen LogP) is 3.46. The third-order valence-electron chi connectivity index (χ3n) is 4.43. The molecular formula is C12H18F2O2. The second-order valence-corrected chi connectivity index (χ2v) is 5.35. The summed E-state index contributed by atoms with van der Waals surface area (Å²) in [4.78, 5) is 11.2. The van der Waals surface area contributed by atoms with E-state index in [2.05, 4.69) is 0 Å². The molecule has 2 aliphatic rings. The third kappa shape index (κ3) is 2.06. The fraction of sp³-hybridized carbons (Fsp3) is 0.917. The van der Waals surface area contributed by atoms with Crippen LogP contribution in [-0.2, 0) is 4.79 Å². The Hall–Kier alpha value is -0.670. The molecule has 2 aliphatic carbocycles. The van der Waals surface area contributed by atoms with E-state index in [0.717, 1.165) is 19.3 Å². The smallest absolute Gasteiger partial charge is 0.307 e. The largest absolute Gasteiger partial charge is 0.481 e. The van der Waals surface area contributed by atoms with Crippen molar-refractivity contribution >= 4 is 5.97 Å². The van der Waals surface area contributed by atoms with Crippen molar-refractivity contribution in [1.82, 2.24) is 0 Å². The molecule has 0 aromatic carbocycles. The maximum Gasteiger partial charge on any atom is 0.307 e. The van der Waals surface area contributed by atoms with Gasteiger partial charge in [-0.3, -0.25) is 4.79 Å². The number of halogens is 2. The summed E-state index contributed by atoms with van der Waals surface area (Å²) in [6, 6.07) is 0. The fourth-order valence-electron chi connectivity index (χ4n) is 3.40. The van der Waals surface area contributed by atoms with E-state index in [1.807, 2.05) is 0 Å². The van der Waals surface area contributed by atoms with Gasteiger partial charge in [-0.25, -0.2) is 8.78 Å². The number of hydrogen-bond acceptors (Lipinski definition) is 1. The first-order valence-electron chi connectivity index (χ1n) is 6.06. The SMILES string of the molecule is O=C(O)C1CCCCC12CCC(F)(F)CC2. The highest BCUT2D eigenvalue weighted by molar-refractivity contribution is 5.71. The quantitative estimate of drug-likeness (QED) is 0.751. The lowest BCUT2D eigenvalue weighted by Crippen LogP contribution is -2.43. The van der Waals surface area contributed by atoms with Crippen LogP contribution in [0.5, 0.6) is 0 Å². The van der Waals surface area contributed by atoms with Gasteiger partial charge < -0.3 is 5.11 Å². The van der Waals surface area contributed by atoms with Gasteiger partial charge in [0.25, 0.3) is 0 Å². The first-order valence-corrected chi connectivity index (χ1v) is 6.06. The van der Waals surface area contributed by atoms with Crippen LogP contribution in [0.2, 0.25) is 0 Å². The number of alkyl halides is 2. The van der Waals surface area contributed by atoms with Gasteiger partial charge in [-0.2, -0.15) is 0 Å². The van der Waals surface area contributed by atoms with Gasteiger partial charge in [0.05, 0.1) is 5.92 Å². The summed E-state index contributed by atoms with van der Waals surface area (Å²) >= 11 is 0. The minimum absolute atomic E-state index is 0.128. The molecule has 0 aromatic heterocycles. The number of carbonyl (C=O) groups is 1. The molecule has 4 heteroatoms. The van der Waals surface area contributed by atoms with Crippen molar-refractivity contribution in [1.29, 1.82) is 0 Å². The number of aliphatic carboxylic acids is 1. The molecule has 16 heavy (non-hydrogen) atoms. The van der Waals surface area contributed by atoms with E-state index < -0.39 is 17.8 Å². The zero-order valence-corrected chi connectivity index (χ0v) is 9.35. The first-order chi connectivity index (χ1) is 7.45. The Morgan fingerprint density at radius 2 is 1.69 bits per heavy atom. The summed E-state index contributed by atoms with van der Waals surface area (Å²) in [5, 5.41) is 9.20. The van der Waals surface area contributed by atoms with E-state index >= 15 is 0 Å². The van der Waals surface area contributed by atoms with Crippen LogP contribution >= 0.6 is 0 Å². The normalized spacial score (nSPS) is 32.5. The second kappa shape index (κ2) is 3.97. The molecule has 0 radical (unpaired) electrons. The Labute approximate surface area is 94.0 Å². The molecule has 2 saturated carbocycles. The lowest BCUT2D eigenvalue weighted by atomic mass is 9.59. The molecule has 0 saturated heterocycles. The molecule has 2 nitrogen and oxygen atoms in total. The van der Waals surface area contributed by atoms with Crippen LogP contribution in [0.15, 0.2) is 0 Å². The van der Waals surface area contributed by atoms with E-state index in [1.54, 1.807) is 0 Å². The van der Waals surface area contributed by atoms with Gasteiger partial charge in [0.2, 0.25) is 5.92 Å². The number of rotatable bonds is 1. The van der Waals surface area contributed by atoms with Crippen molar-refractivity contribution in [2.45, 2.75) is 57.3 Å². The van der Waals surface area contributed by atoms with Crippen LogP contribution in [0.1, 0.15) is 51.4 Å². The number of hydrogen-bond donors (Lipinski definition) is 1. The maximum absolute atomic E-state index is 13.1. The van der Waals surface area contributed by atoms with Crippen molar-refractivity contribution in [3.8, 4) is 0 Å². The van der Waals surface area contributed by atoms with Crippen molar-refractivity contribution in [2.24, 2.45) is 11.3 Å². The van der Waals surface area contributed by atoms with Crippen molar-refractivity contribution in [2.75, 3.05) is 0 Å². The molecule has 0 aliphatic heterocycles. The maximum atomic E-state index is 13.1. The predicted molar refractivity (Wildman–Crippen MR) is 55.4 cm³/mol. The molecule has 2 fully saturated rings. The Kier molecular flexibility index (Phi) is 2.93. The topological polar surface area (TPSA) is 37.3 Å². The van der Waals surface area contributed by atoms with Crippen LogP contribution in [0.25, 0.3) is 0 Å². The van der Waals surface area contributed by atoms with Gasteiger partial charge in [0.1, 0.15) is 0 Å². The van der Waals surface area contributed by atoms with Gasteiger partial charge in [0, 0.05) is 12.8 Å². The van der Waals surface area contributed by atoms with Crippen LogP contribution in [-0.4, -0.2) is 17.0 Å². The summed E-state index contributed by atoms with van der Waals surface area (Å²) < 4.78 is 26.2. The van der Waals surface area contributed by atoms with Gasteiger partial charge in [-0.15, -0.1) is 0 Å². The molecule has 0 aromatic rings. The monoisotopic (exact) mass is 232 g/mol. The standard InChI is InChI=1S/C12H18F2O2/c13-12(14)7-5-11(6-8-12)4-2-1-3-9(11)10(15)16/h9H,1-8H2,(H,15,16). The minimum atomic E-state index is -2.56. The van der Waals surface area contributed by atoms with E-state index in [1.165, 1.54) is 0 Å². The van der Waals surface area contributed by atoms with Gasteiger partial charge in [0.15, 0.2) is 0 Å². The van der Waals surface area contributed by atoms with Crippen molar-refractivity contribution in [3.05, 3.63) is 0 Å². The van der Waals surface area contributed by atoms with Crippen LogP contribution in [0.3, 0.4) is 0 Å². The van der Waals surface area contributed by atoms with E-state index in [-0.39, 0.29) is 18.3 Å². The van der Waals surface area contributed by atoms with Gasteiger partial charge in [-0.05, 0) is 31.1 Å². The van der Waals surface area contributed by atoms with Gasteiger partial charge in [-0.1, -0.05) is 12.8 Å². The Bertz CT molecular complexity index is 279. The molecule has 0 amide bonds. The molecule has 1 spiro atoms. The fourth-order valence-corrected chi connectivity index (χ4v) is 3.40. The lowest BCUT2D eigenvalue weighted by molar-refractivity contribution is -0.155. The van der Waals surface area contributed by atoms with Crippen LogP contribution in [0.4, 0.5) is 8.78 Å². The number of carboxylic acid groups (broad SMARTS) is 1. The summed E-state index contributed by atoms with van der Waals surface area (Å²) in [5.41, 5.74) is -0.328. The molecular weight excluding hydrogens is 214 g/mol. The molecule has 92 valence electrons. The van der Waals surface area contributed by atoms with Crippen molar-refractivity contribution in [3.63, 3.8) is 0 Å². The molecule has 0 bridgehead atoms. The highest BCUT2D eigenvalue weighted by Crippen LogP contribution is 2.54. The van der Waals surface area contributed by atoms with Gasteiger partial charge >= 0.3 is 5.97 Å². The molecule has 1 unspecified atom stereocenters.